The Morgan fingerprint density at radius 3 is 2.65 bits per heavy atom. The monoisotopic (exact) mass is 377 g/mol. The van der Waals surface area contributed by atoms with Gasteiger partial charge in [-0.15, -0.1) is 0 Å². The number of benzene rings is 1. The van der Waals surface area contributed by atoms with Crippen molar-refractivity contribution in [2.75, 3.05) is 14.2 Å². The predicted octanol–water partition coefficient (Wildman–Crippen LogP) is 2.36. The van der Waals surface area contributed by atoms with Crippen molar-refractivity contribution in [1.82, 2.24) is 14.6 Å². The number of amides is 1. The molecule has 2 atom stereocenters. The van der Waals surface area contributed by atoms with Crippen LogP contribution in [0.4, 0.5) is 0 Å². The van der Waals surface area contributed by atoms with E-state index in [1.807, 2.05) is 18.2 Å². The summed E-state index contributed by atoms with van der Waals surface area (Å²) in [6, 6.07) is 7.24. The van der Waals surface area contributed by atoms with Crippen LogP contribution in [0.2, 0.25) is 0 Å². The number of hydrogen-bond donors (Lipinski definition) is 2. The van der Waals surface area contributed by atoms with Gasteiger partial charge in [0.15, 0.2) is 0 Å². The van der Waals surface area contributed by atoms with E-state index in [9.17, 15) is 4.79 Å². The van der Waals surface area contributed by atoms with Crippen molar-refractivity contribution in [2.45, 2.75) is 43.8 Å². The van der Waals surface area contributed by atoms with Gasteiger partial charge < -0.3 is 20.1 Å². The molecule has 2 fully saturated rings. The first kappa shape index (κ1) is 18.6. The zero-order chi connectivity index (χ0) is 18.7. The first-order chi connectivity index (χ1) is 12.6. The SMILES string of the molecule is COc1ccc2c(C(=O)NC3CC4CCC(C3)N4C)nsc2c1.O=CO. The van der Waals surface area contributed by atoms with E-state index in [0.717, 1.165) is 28.7 Å². The standard InChI is InChI=1S/C17H21N3O2S.CH2O2/c1-20-11-3-4-12(20)8-10(7-11)18-17(21)16-14-6-5-13(22-2)9-15(14)23-19-16;2-1-3/h5-6,9-12H,3-4,7-8H2,1-2H3,(H,18,21);1H,(H,2,3). The van der Waals surface area contributed by atoms with E-state index in [-0.39, 0.29) is 18.4 Å². The fraction of sp³-hybridized carbons (Fsp3) is 0.500. The molecule has 8 heteroatoms. The second-order valence-corrected chi connectivity index (χ2v) is 7.50. The van der Waals surface area contributed by atoms with Crippen LogP contribution < -0.4 is 10.1 Å². The number of ether oxygens (including phenoxy) is 1. The molecule has 2 saturated heterocycles. The molecule has 2 N–H and O–H groups in total. The van der Waals surface area contributed by atoms with E-state index in [1.54, 1.807) is 7.11 Å². The van der Waals surface area contributed by atoms with Crippen molar-refractivity contribution in [1.29, 1.82) is 0 Å². The van der Waals surface area contributed by atoms with Gasteiger partial charge >= 0.3 is 0 Å². The van der Waals surface area contributed by atoms with Crippen LogP contribution >= 0.6 is 11.5 Å². The number of carbonyl (C=O) groups is 2. The molecular formula is C18H23N3O4S. The molecule has 26 heavy (non-hydrogen) atoms. The Kier molecular flexibility index (Phi) is 5.73. The van der Waals surface area contributed by atoms with Crippen LogP contribution in [-0.2, 0) is 4.79 Å². The van der Waals surface area contributed by atoms with Crippen molar-refractivity contribution < 1.29 is 19.4 Å². The van der Waals surface area contributed by atoms with Gasteiger partial charge in [-0.1, -0.05) is 0 Å². The van der Waals surface area contributed by atoms with Crippen LogP contribution in [0.5, 0.6) is 5.75 Å². The molecule has 2 unspecified atom stereocenters. The summed E-state index contributed by atoms with van der Waals surface area (Å²) in [6.45, 7) is -0.250. The molecule has 1 aromatic heterocycles. The second-order valence-electron chi connectivity index (χ2n) is 6.69. The maximum absolute atomic E-state index is 12.6. The van der Waals surface area contributed by atoms with E-state index in [0.29, 0.717) is 17.8 Å². The highest BCUT2D eigenvalue weighted by molar-refractivity contribution is 7.13. The first-order valence-corrected chi connectivity index (χ1v) is 9.38. The van der Waals surface area contributed by atoms with Gasteiger partial charge in [0.2, 0.25) is 0 Å². The van der Waals surface area contributed by atoms with Crippen molar-refractivity contribution in [3.8, 4) is 5.75 Å². The summed E-state index contributed by atoms with van der Waals surface area (Å²) in [4.78, 5) is 23.5. The maximum Gasteiger partial charge on any atom is 0.290 e. The Morgan fingerprint density at radius 1 is 1.38 bits per heavy atom. The lowest BCUT2D eigenvalue weighted by Crippen LogP contribution is -2.48. The molecule has 2 aliphatic rings. The normalized spacial score (nSPS) is 24.6. The molecule has 4 rings (SSSR count). The van der Waals surface area contributed by atoms with Crippen LogP contribution in [0.1, 0.15) is 36.2 Å². The molecule has 3 heterocycles. The zero-order valence-corrected chi connectivity index (χ0v) is 15.7. The Balaban J connectivity index is 0.000000613. The van der Waals surface area contributed by atoms with Crippen molar-refractivity contribution in [3.63, 3.8) is 0 Å². The molecule has 2 aliphatic heterocycles. The summed E-state index contributed by atoms with van der Waals surface area (Å²) >= 11 is 1.35. The number of carbonyl (C=O) groups excluding carboxylic acids is 1. The Labute approximate surface area is 156 Å². The molecule has 0 aliphatic carbocycles. The minimum atomic E-state index is -0.250. The third-order valence-electron chi connectivity index (χ3n) is 5.33. The number of aromatic nitrogens is 1. The molecule has 140 valence electrons. The minimum Gasteiger partial charge on any atom is -0.497 e. The quantitative estimate of drug-likeness (QED) is 0.798. The van der Waals surface area contributed by atoms with Crippen LogP contribution in [-0.4, -0.2) is 59.0 Å². The number of nitrogens with zero attached hydrogens (tertiary/aromatic N) is 2. The average molecular weight is 377 g/mol. The highest BCUT2D eigenvalue weighted by Gasteiger charge is 2.39. The van der Waals surface area contributed by atoms with Gasteiger partial charge in [-0.05, 0) is 62.5 Å². The Morgan fingerprint density at radius 2 is 2.04 bits per heavy atom. The van der Waals surface area contributed by atoms with Crippen LogP contribution in [0.15, 0.2) is 18.2 Å². The smallest absolute Gasteiger partial charge is 0.290 e. The summed E-state index contributed by atoms with van der Waals surface area (Å²) < 4.78 is 10.6. The summed E-state index contributed by atoms with van der Waals surface area (Å²) in [5.74, 6) is 0.746. The van der Waals surface area contributed by atoms with Gasteiger partial charge in [0.05, 0.1) is 11.8 Å². The number of fused-ring (bicyclic) bond motifs is 3. The molecular weight excluding hydrogens is 354 g/mol. The van der Waals surface area contributed by atoms with E-state index < -0.39 is 0 Å². The van der Waals surface area contributed by atoms with Crippen molar-refractivity contribution in [2.24, 2.45) is 0 Å². The molecule has 7 nitrogen and oxygen atoms in total. The number of methoxy groups -OCH3 is 1. The number of hydrogen-bond acceptors (Lipinski definition) is 6. The second kappa shape index (κ2) is 8.01. The van der Waals surface area contributed by atoms with Gasteiger partial charge in [-0.3, -0.25) is 9.59 Å². The number of carboxylic acid groups (broad SMARTS) is 1. The third-order valence-corrected chi connectivity index (χ3v) is 6.14. The van der Waals surface area contributed by atoms with E-state index in [4.69, 9.17) is 14.6 Å². The Hall–Kier alpha value is -2.19. The number of nitrogens with one attached hydrogen (secondary N) is 1. The molecule has 0 spiro atoms. The maximum atomic E-state index is 12.6. The van der Waals surface area contributed by atoms with Crippen molar-refractivity contribution >= 4 is 34.0 Å². The molecule has 0 saturated carbocycles. The fourth-order valence-corrected chi connectivity index (χ4v) is 4.79. The molecule has 0 radical (unpaired) electrons. The van der Waals surface area contributed by atoms with Gasteiger partial charge in [0.1, 0.15) is 11.4 Å². The summed E-state index contributed by atoms with van der Waals surface area (Å²) in [5, 5.41) is 11.0. The minimum absolute atomic E-state index is 0.0460. The van der Waals surface area contributed by atoms with Gasteiger partial charge in [-0.25, -0.2) is 0 Å². The zero-order valence-electron chi connectivity index (χ0n) is 14.8. The molecule has 2 bridgehead atoms. The van der Waals surface area contributed by atoms with Gasteiger partial charge in [-0.2, -0.15) is 4.37 Å². The summed E-state index contributed by atoms with van der Waals surface area (Å²) in [5.41, 5.74) is 0.541. The third kappa shape index (κ3) is 3.66. The van der Waals surface area contributed by atoms with E-state index in [1.165, 1.54) is 24.4 Å². The highest BCUT2D eigenvalue weighted by atomic mass is 32.1. The van der Waals surface area contributed by atoms with Crippen LogP contribution in [0.3, 0.4) is 0 Å². The van der Waals surface area contributed by atoms with E-state index in [2.05, 4.69) is 21.6 Å². The topological polar surface area (TPSA) is 91.8 Å². The predicted molar refractivity (Wildman–Crippen MR) is 99.9 cm³/mol. The number of piperidine rings is 1. The number of rotatable bonds is 3. The van der Waals surface area contributed by atoms with Gasteiger partial charge in [0.25, 0.3) is 12.4 Å². The van der Waals surface area contributed by atoms with E-state index >= 15 is 0 Å². The summed E-state index contributed by atoms with van der Waals surface area (Å²) in [6.07, 6.45) is 4.61. The lowest BCUT2D eigenvalue weighted by Gasteiger charge is -2.36. The average Bonchev–Trinajstić information content (AvgIpc) is 3.12. The lowest BCUT2D eigenvalue weighted by molar-refractivity contribution is -0.122. The van der Waals surface area contributed by atoms with Gasteiger partial charge in [0, 0.05) is 23.5 Å². The first-order valence-electron chi connectivity index (χ1n) is 8.61. The molecule has 1 amide bonds. The lowest BCUT2D eigenvalue weighted by atomic mass is 9.98. The largest absolute Gasteiger partial charge is 0.497 e. The summed E-state index contributed by atoms with van der Waals surface area (Å²) in [7, 11) is 3.85. The van der Waals surface area contributed by atoms with Crippen molar-refractivity contribution in [3.05, 3.63) is 23.9 Å². The van der Waals surface area contributed by atoms with Crippen LogP contribution in [0, 0.1) is 0 Å². The highest BCUT2D eigenvalue weighted by Crippen LogP contribution is 2.34. The molecule has 1 aromatic carbocycles. The fourth-order valence-electron chi connectivity index (χ4n) is 3.99. The van der Waals surface area contributed by atoms with Crippen LogP contribution in [0.25, 0.3) is 10.1 Å². The Bertz CT molecular complexity index is 780. The molecule has 2 aromatic rings.